The van der Waals surface area contributed by atoms with E-state index in [-0.39, 0.29) is 12.3 Å². The highest BCUT2D eigenvalue weighted by Gasteiger charge is 2.23. The molecule has 0 radical (unpaired) electrons. The quantitative estimate of drug-likeness (QED) is 0.623. The summed E-state index contributed by atoms with van der Waals surface area (Å²) in [6, 6.07) is 9.45. The molecule has 0 saturated carbocycles. The Labute approximate surface area is 167 Å². The van der Waals surface area contributed by atoms with Gasteiger partial charge in [0, 0.05) is 18.3 Å². The zero-order valence-corrected chi connectivity index (χ0v) is 16.7. The van der Waals surface area contributed by atoms with Gasteiger partial charge in [-0.05, 0) is 50.6 Å². The number of amides is 1. The van der Waals surface area contributed by atoms with E-state index in [1.54, 1.807) is 46.0 Å². The first-order chi connectivity index (χ1) is 13.7. The molecule has 1 amide bonds. The van der Waals surface area contributed by atoms with E-state index in [0.29, 0.717) is 28.2 Å². The van der Waals surface area contributed by atoms with Crippen LogP contribution in [0, 0.1) is 31.3 Å². The lowest BCUT2D eigenvalue weighted by molar-refractivity contribution is -0.131. The SMILES string of the molecule is Cc1nn(-c2ccccc2F)c(C)c1CC(=O)N(C)[C@@H](C)c1ccc(F)c(F)c1. The van der Waals surface area contributed by atoms with Crippen molar-refractivity contribution in [2.24, 2.45) is 0 Å². The number of nitrogens with zero attached hydrogens (tertiary/aromatic N) is 3. The number of halogens is 3. The summed E-state index contributed by atoms with van der Waals surface area (Å²) in [6.07, 6.45) is 0.0661. The molecule has 3 aromatic rings. The summed E-state index contributed by atoms with van der Waals surface area (Å²) >= 11 is 0. The molecule has 2 aromatic carbocycles. The summed E-state index contributed by atoms with van der Waals surface area (Å²) in [5.41, 5.74) is 2.83. The summed E-state index contributed by atoms with van der Waals surface area (Å²) in [6.45, 7) is 5.30. The molecule has 152 valence electrons. The van der Waals surface area contributed by atoms with Crippen LogP contribution in [0.1, 0.15) is 35.5 Å². The Morgan fingerprint density at radius 2 is 1.76 bits per heavy atom. The van der Waals surface area contributed by atoms with Gasteiger partial charge in [-0.15, -0.1) is 0 Å². The number of carbonyl (C=O) groups excluding carboxylic acids is 1. The lowest BCUT2D eigenvalue weighted by Gasteiger charge is -2.25. The predicted molar refractivity (Wildman–Crippen MR) is 104 cm³/mol. The van der Waals surface area contributed by atoms with Crippen LogP contribution in [-0.2, 0) is 11.2 Å². The number of rotatable bonds is 5. The van der Waals surface area contributed by atoms with Crippen LogP contribution in [0.5, 0.6) is 0 Å². The lowest BCUT2D eigenvalue weighted by atomic mass is 10.0. The number of hydrogen-bond acceptors (Lipinski definition) is 2. The smallest absolute Gasteiger partial charge is 0.227 e. The Morgan fingerprint density at radius 3 is 2.41 bits per heavy atom. The van der Waals surface area contributed by atoms with E-state index in [2.05, 4.69) is 5.10 Å². The van der Waals surface area contributed by atoms with Gasteiger partial charge in [0.25, 0.3) is 0 Å². The van der Waals surface area contributed by atoms with Crippen molar-refractivity contribution in [1.29, 1.82) is 0 Å². The highest BCUT2D eigenvalue weighted by molar-refractivity contribution is 5.79. The van der Waals surface area contributed by atoms with Crippen LogP contribution in [0.3, 0.4) is 0 Å². The second kappa shape index (κ2) is 8.11. The van der Waals surface area contributed by atoms with Crippen molar-refractivity contribution in [2.45, 2.75) is 33.2 Å². The Morgan fingerprint density at radius 1 is 1.07 bits per heavy atom. The van der Waals surface area contributed by atoms with Crippen LogP contribution in [-0.4, -0.2) is 27.6 Å². The fourth-order valence-electron chi connectivity index (χ4n) is 3.28. The van der Waals surface area contributed by atoms with Crippen LogP contribution < -0.4 is 0 Å². The molecule has 0 unspecified atom stereocenters. The van der Waals surface area contributed by atoms with Gasteiger partial charge in [-0.3, -0.25) is 4.79 Å². The van der Waals surface area contributed by atoms with E-state index >= 15 is 0 Å². The van der Waals surface area contributed by atoms with Crippen molar-refractivity contribution >= 4 is 5.91 Å². The number of benzene rings is 2. The molecule has 0 saturated heterocycles. The molecule has 0 spiro atoms. The van der Waals surface area contributed by atoms with E-state index in [1.165, 1.54) is 21.7 Å². The molecular formula is C22H22F3N3O. The molecule has 3 rings (SSSR count). The Hall–Kier alpha value is -3.09. The molecule has 0 bridgehead atoms. The van der Waals surface area contributed by atoms with Crippen LogP contribution in [0.25, 0.3) is 5.69 Å². The zero-order valence-electron chi connectivity index (χ0n) is 16.7. The maximum atomic E-state index is 14.1. The molecule has 29 heavy (non-hydrogen) atoms. The summed E-state index contributed by atoms with van der Waals surface area (Å²) < 4.78 is 42.4. The van der Waals surface area contributed by atoms with E-state index in [9.17, 15) is 18.0 Å². The molecule has 0 fully saturated rings. The molecule has 1 heterocycles. The number of hydrogen-bond donors (Lipinski definition) is 0. The van der Waals surface area contributed by atoms with Crippen LogP contribution in [0.15, 0.2) is 42.5 Å². The van der Waals surface area contributed by atoms with Gasteiger partial charge in [0.1, 0.15) is 11.5 Å². The fraction of sp³-hybridized carbons (Fsp3) is 0.273. The number of aromatic nitrogens is 2. The minimum atomic E-state index is -0.951. The maximum Gasteiger partial charge on any atom is 0.227 e. The van der Waals surface area contributed by atoms with E-state index in [0.717, 1.165) is 12.1 Å². The minimum Gasteiger partial charge on any atom is -0.339 e. The minimum absolute atomic E-state index is 0.0661. The monoisotopic (exact) mass is 401 g/mol. The molecule has 0 N–H and O–H groups in total. The average Bonchev–Trinajstić information content (AvgIpc) is 2.97. The molecule has 0 aliphatic rings. The van der Waals surface area contributed by atoms with Crippen molar-refractivity contribution in [2.75, 3.05) is 7.05 Å². The second-order valence-electron chi connectivity index (χ2n) is 7.04. The van der Waals surface area contributed by atoms with Gasteiger partial charge >= 0.3 is 0 Å². The van der Waals surface area contributed by atoms with Gasteiger partial charge in [0.05, 0.1) is 18.2 Å². The maximum absolute atomic E-state index is 14.1. The van der Waals surface area contributed by atoms with Crippen molar-refractivity contribution in [3.63, 3.8) is 0 Å². The largest absolute Gasteiger partial charge is 0.339 e. The van der Waals surface area contributed by atoms with Crippen LogP contribution in [0.2, 0.25) is 0 Å². The summed E-state index contributed by atoms with van der Waals surface area (Å²) in [7, 11) is 1.61. The highest BCUT2D eigenvalue weighted by Crippen LogP contribution is 2.24. The van der Waals surface area contributed by atoms with Gasteiger partial charge in [0.2, 0.25) is 5.91 Å². The summed E-state index contributed by atoms with van der Waals surface area (Å²) in [5.74, 6) is -2.49. The van der Waals surface area contributed by atoms with Crippen molar-refractivity contribution < 1.29 is 18.0 Å². The third kappa shape index (κ3) is 4.04. The second-order valence-corrected chi connectivity index (χ2v) is 7.04. The predicted octanol–water partition coefficient (Wildman–Crippen LogP) is 4.67. The number of carbonyl (C=O) groups is 1. The molecule has 1 aromatic heterocycles. The molecule has 0 aliphatic carbocycles. The van der Waals surface area contributed by atoms with E-state index < -0.39 is 23.5 Å². The highest BCUT2D eigenvalue weighted by atomic mass is 19.2. The normalized spacial score (nSPS) is 12.1. The van der Waals surface area contributed by atoms with Gasteiger partial charge < -0.3 is 4.90 Å². The molecule has 0 aliphatic heterocycles. The van der Waals surface area contributed by atoms with Gasteiger partial charge in [-0.25, -0.2) is 17.9 Å². The molecule has 1 atom stereocenters. The fourth-order valence-corrected chi connectivity index (χ4v) is 3.28. The standard InChI is InChI=1S/C22H22F3N3O/c1-13-17(15(3)28(26-13)21-8-6-5-7-19(21)24)12-22(29)27(4)14(2)16-9-10-18(23)20(25)11-16/h5-11,14H,12H2,1-4H3/t14-/m0/s1. The lowest BCUT2D eigenvalue weighted by Crippen LogP contribution is -2.31. The van der Waals surface area contributed by atoms with Crippen LogP contribution >= 0.6 is 0 Å². The van der Waals surface area contributed by atoms with Crippen molar-refractivity contribution in [3.8, 4) is 5.69 Å². The first-order valence-corrected chi connectivity index (χ1v) is 9.21. The Bertz CT molecular complexity index is 1060. The number of aryl methyl sites for hydroxylation is 1. The average molecular weight is 401 g/mol. The zero-order chi connectivity index (χ0) is 21.3. The topological polar surface area (TPSA) is 38.1 Å². The third-order valence-electron chi connectivity index (χ3n) is 5.25. The Kier molecular flexibility index (Phi) is 5.77. The van der Waals surface area contributed by atoms with Crippen molar-refractivity contribution in [1.82, 2.24) is 14.7 Å². The van der Waals surface area contributed by atoms with E-state index in [4.69, 9.17) is 0 Å². The van der Waals surface area contributed by atoms with Crippen molar-refractivity contribution in [3.05, 3.63) is 82.4 Å². The first-order valence-electron chi connectivity index (χ1n) is 9.21. The van der Waals surface area contributed by atoms with Gasteiger partial charge in [0.15, 0.2) is 11.6 Å². The molecule has 7 heteroatoms. The number of likely N-dealkylation sites (N-methyl/N-ethyl adjacent to an activating group) is 1. The van der Waals surface area contributed by atoms with Crippen LogP contribution in [0.4, 0.5) is 13.2 Å². The third-order valence-corrected chi connectivity index (χ3v) is 5.25. The van der Waals surface area contributed by atoms with Gasteiger partial charge in [-0.1, -0.05) is 18.2 Å². The summed E-state index contributed by atoms with van der Waals surface area (Å²) in [4.78, 5) is 14.3. The van der Waals surface area contributed by atoms with E-state index in [1.807, 2.05) is 0 Å². The number of para-hydroxylation sites is 1. The first kappa shape index (κ1) is 20.6. The molecule has 4 nitrogen and oxygen atoms in total. The van der Waals surface area contributed by atoms with Gasteiger partial charge in [-0.2, -0.15) is 5.10 Å². The summed E-state index contributed by atoms with van der Waals surface area (Å²) in [5, 5.41) is 4.39. The molecular weight excluding hydrogens is 379 g/mol. The Balaban J connectivity index is 1.83.